The van der Waals surface area contributed by atoms with Crippen LogP contribution in [-0.2, 0) is 6.54 Å². The highest BCUT2D eigenvalue weighted by molar-refractivity contribution is 5.87. The van der Waals surface area contributed by atoms with E-state index in [9.17, 15) is 4.79 Å². The highest BCUT2D eigenvalue weighted by Gasteiger charge is 2.11. The lowest BCUT2D eigenvalue weighted by Gasteiger charge is -2.16. The Hall–Kier alpha value is -1.81. The summed E-state index contributed by atoms with van der Waals surface area (Å²) in [5, 5.41) is 1.02. The van der Waals surface area contributed by atoms with Crippen molar-refractivity contribution >= 4 is 10.9 Å². The highest BCUT2D eigenvalue weighted by atomic mass is 16.5. The van der Waals surface area contributed by atoms with Gasteiger partial charge in [0.05, 0.1) is 12.6 Å². The molecule has 1 unspecified atom stereocenters. The van der Waals surface area contributed by atoms with Crippen LogP contribution in [0.1, 0.15) is 12.5 Å². The van der Waals surface area contributed by atoms with Crippen LogP contribution in [0.5, 0.6) is 5.75 Å². The van der Waals surface area contributed by atoms with Crippen LogP contribution in [0.4, 0.5) is 0 Å². The molecule has 4 nitrogen and oxygen atoms in total. The van der Waals surface area contributed by atoms with Crippen LogP contribution in [0.3, 0.4) is 0 Å². The number of fused-ring (bicyclic) bond motifs is 1. The van der Waals surface area contributed by atoms with Crippen molar-refractivity contribution in [2.75, 3.05) is 7.11 Å². The van der Waals surface area contributed by atoms with E-state index in [0.717, 1.165) is 16.5 Å². The summed E-state index contributed by atoms with van der Waals surface area (Å²) in [6, 6.07) is 7.33. The van der Waals surface area contributed by atoms with Gasteiger partial charge >= 0.3 is 0 Å². The van der Waals surface area contributed by atoms with Crippen LogP contribution < -0.4 is 16.0 Å². The predicted molar refractivity (Wildman–Crippen MR) is 73.1 cm³/mol. The van der Waals surface area contributed by atoms with Gasteiger partial charge in [-0.1, -0.05) is 12.1 Å². The third-order valence-electron chi connectivity index (χ3n) is 2.99. The van der Waals surface area contributed by atoms with E-state index >= 15 is 0 Å². The fourth-order valence-corrected chi connectivity index (χ4v) is 2.20. The van der Waals surface area contributed by atoms with Gasteiger partial charge < -0.3 is 15.0 Å². The lowest BCUT2D eigenvalue weighted by atomic mass is 10.1. The number of aryl methyl sites for hydroxylation is 1. The minimum absolute atomic E-state index is 0.0400. The Labute approximate surface area is 106 Å². The van der Waals surface area contributed by atoms with Crippen molar-refractivity contribution < 1.29 is 4.74 Å². The summed E-state index contributed by atoms with van der Waals surface area (Å²) in [5.41, 5.74) is 7.55. The molecule has 18 heavy (non-hydrogen) atoms. The number of benzene rings is 1. The Morgan fingerprint density at radius 1 is 1.44 bits per heavy atom. The molecule has 4 heteroatoms. The number of aromatic nitrogens is 1. The van der Waals surface area contributed by atoms with E-state index in [4.69, 9.17) is 10.5 Å². The maximum Gasteiger partial charge on any atom is 0.251 e. The molecule has 0 saturated carbocycles. The highest BCUT2D eigenvalue weighted by Crippen LogP contribution is 2.26. The first-order valence-electron chi connectivity index (χ1n) is 5.97. The molecule has 0 bridgehead atoms. The zero-order valence-electron chi connectivity index (χ0n) is 10.9. The fourth-order valence-electron chi connectivity index (χ4n) is 2.20. The molecule has 2 N–H and O–H groups in total. The molecule has 1 aromatic carbocycles. The van der Waals surface area contributed by atoms with Gasteiger partial charge in [-0.3, -0.25) is 4.79 Å². The van der Waals surface area contributed by atoms with Gasteiger partial charge in [0.15, 0.2) is 0 Å². The van der Waals surface area contributed by atoms with Crippen molar-refractivity contribution in [1.29, 1.82) is 0 Å². The number of nitrogens with zero attached hydrogens (tertiary/aromatic N) is 1. The summed E-state index contributed by atoms with van der Waals surface area (Å²) < 4.78 is 7.05. The van der Waals surface area contributed by atoms with E-state index < -0.39 is 0 Å². The number of hydrogen-bond acceptors (Lipinski definition) is 3. The zero-order chi connectivity index (χ0) is 13.3. The van der Waals surface area contributed by atoms with Gasteiger partial charge in [-0.25, -0.2) is 0 Å². The second-order valence-electron chi connectivity index (χ2n) is 4.61. The fraction of sp³-hybridized carbons (Fsp3) is 0.357. The Morgan fingerprint density at radius 2 is 2.17 bits per heavy atom. The van der Waals surface area contributed by atoms with Crippen molar-refractivity contribution in [3.63, 3.8) is 0 Å². The average Bonchev–Trinajstić information content (AvgIpc) is 2.33. The number of nitrogens with two attached hydrogens (primary N) is 1. The molecule has 96 valence electrons. The van der Waals surface area contributed by atoms with Gasteiger partial charge in [0, 0.05) is 24.0 Å². The number of methoxy groups -OCH3 is 1. The van der Waals surface area contributed by atoms with Crippen molar-refractivity contribution in [2.45, 2.75) is 26.4 Å². The van der Waals surface area contributed by atoms with Gasteiger partial charge in [0.2, 0.25) is 0 Å². The summed E-state index contributed by atoms with van der Waals surface area (Å²) >= 11 is 0. The van der Waals surface area contributed by atoms with Crippen molar-refractivity contribution in [2.24, 2.45) is 5.73 Å². The van der Waals surface area contributed by atoms with Crippen LogP contribution in [-0.4, -0.2) is 17.7 Å². The number of pyridine rings is 1. The Balaban J connectivity index is 2.86. The quantitative estimate of drug-likeness (QED) is 0.896. The summed E-state index contributed by atoms with van der Waals surface area (Å²) in [7, 11) is 1.61. The minimum Gasteiger partial charge on any atom is -0.495 e. The predicted octanol–water partition coefficient (Wildman–Crippen LogP) is 1.67. The summed E-state index contributed by atoms with van der Waals surface area (Å²) in [6.45, 7) is 4.29. The molecule has 0 spiro atoms. The van der Waals surface area contributed by atoms with Gasteiger partial charge in [0.25, 0.3) is 5.56 Å². The van der Waals surface area contributed by atoms with Crippen LogP contribution >= 0.6 is 0 Å². The molecule has 2 aromatic rings. The van der Waals surface area contributed by atoms with E-state index in [0.29, 0.717) is 12.3 Å². The molecule has 1 aromatic heterocycles. The summed E-state index contributed by atoms with van der Waals surface area (Å²) in [4.78, 5) is 12.1. The average molecular weight is 246 g/mol. The SMILES string of the molecule is COc1cccc2c(C)cc(=O)n(CC(C)N)c12. The van der Waals surface area contributed by atoms with Crippen LogP contribution in [0.15, 0.2) is 29.1 Å². The first-order chi connectivity index (χ1) is 8.54. The van der Waals surface area contributed by atoms with E-state index in [-0.39, 0.29) is 11.6 Å². The van der Waals surface area contributed by atoms with Gasteiger partial charge in [-0.15, -0.1) is 0 Å². The Morgan fingerprint density at radius 3 is 2.78 bits per heavy atom. The molecule has 0 aliphatic carbocycles. The molecule has 0 aliphatic rings. The van der Waals surface area contributed by atoms with Gasteiger partial charge in [-0.05, 0) is 25.5 Å². The van der Waals surface area contributed by atoms with E-state index in [1.54, 1.807) is 17.7 Å². The normalized spacial score (nSPS) is 12.7. The van der Waals surface area contributed by atoms with Crippen LogP contribution in [0.2, 0.25) is 0 Å². The van der Waals surface area contributed by atoms with E-state index in [2.05, 4.69) is 0 Å². The lowest BCUT2D eigenvalue weighted by Crippen LogP contribution is -2.30. The van der Waals surface area contributed by atoms with Gasteiger partial charge in [0.1, 0.15) is 5.75 Å². The molecule has 0 radical (unpaired) electrons. The zero-order valence-corrected chi connectivity index (χ0v) is 10.9. The van der Waals surface area contributed by atoms with Gasteiger partial charge in [-0.2, -0.15) is 0 Å². The molecule has 2 rings (SSSR count). The van der Waals surface area contributed by atoms with Crippen molar-refractivity contribution in [3.05, 3.63) is 40.2 Å². The van der Waals surface area contributed by atoms with E-state index in [1.807, 2.05) is 32.0 Å². The maximum atomic E-state index is 12.1. The maximum absolute atomic E-state index is 12.1. The molecule has 0 saturated heterocycles. The van der Waals surface area contributed by atoms with Crippen LogP contribution in [0, 0.1) is 6.92 Å². The lowest BCUT2D eigenvalue weighted by molar-refractivity contribution is 0.416. The number of ether oxygens (including phenoxy) is 1. The summed E-state index contributed by atoms with van der Waals surface area (Å²) in [6.07, 6.45) is 0. The van der Waals surface area contributed by atoms with Crippen molar-refractivity contribution in [3.8, 4) is 5.75 Å². The van der Waals surface area contributed by atoms with Crippen LogP contribution in [0.25, 0.3) is 10.9 Å². The molecule has 0 fully saturated rings. The third kappa shape index (κ3) is 2.11. The number of hydrogen-bond donors (Lipinski definition) is 1. The largest absolute Gasteiger partial charge is 0.495 e. The molecule has 0 amide bonds. The molecular formula is C14H18N2O2. The molecule has 1 atom stereocenters. The second kappa shape index (κ2) is 4.82. The van der Waals surface area contributed by atoms with Crippen molar-refractivity contribution in [1.82, 2.24) is 4.57 Å². The monoisotopic (exact) mass is 246 g/mol. The Bertz CT molecular complexity index is 629. The first kappa shape index (κ1) is 12.6. The minimum atomic E-state index is -0.0847. The van der Waals surface area contributed by atoms with E-state index in [1.165, 1.54) is 0 Å². The molecule has 0 aliphatic heterocycles. The second-order valence-corrected chi connectivity index (χ2v) is 4.61. The topological polar surface area (TPSA) is 57.2 Å². The third-order valence-corrected chi connectivity index (χ3v) is 2.99. The first-order valence-corrected chi connectivity index (χ1v) is 5.97. The standard InChI is InChI=1S/C14H18N2O2/c1-9-7-13(17)16(8-10(2)15)14-11(9)5-4-6-12(14)18-3/h4-7,10H,8,15H2,1-3H3. The Kier molecular flexibility index (Phi) is 3.39. The molecular weight excluding hydrogens is 228 g/mol. The number of rotatable bonds is 3. The number of para-hydroxylation sites is 1. The smallest absolute Gasteiger partial charge is 0.251 e. The summed E-state index contributed by atoms with van der Waals surface area (Å²) in [5.74, 6) is 0.703. The molecule has 1 heterocycles.